The number of benzene rings is 1. The summed E-state index contributed by atoms with van der Waals surface area (Å²) in [7, 11) is 2.07. The van der Waals surface area contributed by atoms with Crippen molar-refractivity contribution in [1.29, 1.82) is 0 Å². The molecule has 1 heterocycles. The van der Waals surface area contributed by atoms with Gasteiger partial charge < -0.3 is 10.8 Å². The first-order chi connectivity index (χ1) is 7.61. The van der Waals surface area contributed by atoms with Gasteiger partial charge in [0, 0.05) is 17.6 Å². The summed E-state index contributed by atoms with van der Waals surface area (Å²) in [5.41, 5.74) is 6.70. The van der Waals surface area contributed by atoms with Crippen molar-refractivity contribution in [3.8, 4) is 5.75 Å². The molecule has 0 spiro atoms. The van der Waals surface area contributed by atoms with Crippen LogP contribution in [0.3, 0.4) is 0 Å². The van der Waals surface area contributed by atoms with Gasteiger partial charge in [-0.05, 0) is 49.7 Å². The van der Waals surface area contributed by atoms with Crippen LogP contribution in [0.5, 0.6) is 5.75 Å². The SMILES string of the molecule is CN1CC(CN)CC1c1cc(O)ccc1Cl. The third-order valence-corrected chi connectivity index (χ3v) is 3.65. The van der Waals surface area contributed by atoms with Gasteiger partial charge in [0.15, 0.2) is 0 Å². The van der Waals surface area contributed by atoms with Gasteiger partial charge in [-0.1, -0.05) is 11.6 Å². The molecule has 2 rings (SSSR count). The third kappa shape index (κ3) is 2.17. The molecule has 88 valence electrons. The predicted molar refractivity (Wildman–Crippen MR) is 65.6 cm³/mol. The second-order valence-corrected chi connectivity index (χ2v) is 4.91. The minimum absolute atomic E-state index is 0.268. The Kier molecular flexibility index (Phi) is 3.38. The Bertz CT molecular complexity index is 383. The van der Waals surface area contributed by atoms with Crippen LogP contribution in [0.2, 0.25) is 5.02 Å². The van der Waals surface area contributed by atoms with Crippen molar-refractivity contribution in [3.05, 3.63) is 28.8 Å². The molecule has 1 aromatic rings. The summed E-state index contributed by atoms with van der Waals surface area (Å²) in [4.78, 5) is 2.25. The smallest absolute Gasteiger partial charge is 0.116 e. The van der Waals surface area contributed by atoms with Crippen LogP contribution in [0.4, 0.5) is 0 Å². The van der Waals surface area contributed by atoms with Gasteiger partial charge in [-0.15, -0.1) is 0 Å². The van der Waals surface area contributed by atoms with E-state index in [1.165, 1.54) is 0 Å². The molecule has 0 amide bonds. The topological polar surface area (TPSA) is 49.5 Å². The van der Waals surface area contributed by atoms with Crippen molar-refractivity contribution in [3.63, 3.8) is 0 Å². The zero-order chi connectivity index (χ0) is 11.7. The van der Waals surface area contributed by atoms with E-state index in [1.54, 1.807) is 18.2 Å². The average molecular weight is 241 g/mol. The van der Waals surface area contributed by atoms with Crippen LogP contribution < -0.4 is 5.73 Å². The molecular weight excluding hydrogens is 224 g/mol. The van der Waals surface area contributed by atoms with E-state index in [4.69, 9.17) is 17.3 Å². The highest BCUT2D eigenvalue weighted by Crippen LogP contribution is 2.38. The molecule has 1 fully saturated rings. The number of rotatable bonds is 2. The second-order valence-electron chi connectivity index (χ2n) is 4.50. The Balaban J connectivity index is 2.27. The number of nitrogens with zero attached hydrogens (tertiary/aromatic N) is 1. The Morgan fingerprint density at radius 3 is 2.94 bits per heavy atom. The minimum Gasteiger partial charge on any atom is -0.508 e. The maximum Gasteiger partial charge on any atom is 0.116 e. The lowest BCUT2D eigenvalue weighted by Gasteiger charge is -2.20. The number of hydrogen-bond acceptors (Lipinski definition) is 3. The van der Waals surface area contributed by atoms with E-state index in [0.29, 0.717) is 17.5 Å². The number of halogens is 1. The molecule has 3 N–H and O–H groups in total. The Morgan fingerprint density at radius 1 is 1.56 bits per heavy atom. The van der Waals surface area contributed by atoms with Gasteiger partial charge in [-0.2, -0.15) is 0 Å². The lowest BCUT2D eigenvalue weighted by Crippen LogP contribution is -2.20. The molecule has 1 saturated heterocycles. The van der Waals surface area contributed by atoms with E-state index in [9.17, 15) is 5.11 Å². The fraction of sp³-hybridized carbons (Fsp3) is 0.500. The van der Waals surface area contributed by atoms with E-state index < -0.39 is 0 Å². The number of phenolic OH excluding ortho intramolecular Hbond substituents is 1. The van der Waals surface area contributed by atoms with Gasteiger partial charge in [0.1, 0.15) is 5.75 Å². The zero-order valence-corrected chi connectivity index (χ0v) is 10.1. The summed E-state index contributed by atoms with van der Waals surface area (Å²) >= 11 is 6.16. The molecule has 1 aliphatic rings. The largest absolute Gasteiger partial charge is 0.508 e. The lowest BCUT2D eigenvalue weighted by atomic mass is 10.00. The molecule has 2 atom stereocenters. The van der Waals surface area contributed by atoms with Crippen LogP contribution in [-0.2, 0) is 0 Å². The van der Waals surface area contributed by atoms with E-state index in [1.807, 2.05) is 0 Å². The Labute approximate surface area is 101 Å². The maximum atomic E-state index is 9.51. The Morgan fingerprint density at radius 2 is 2.31 bits per heavy atom. The number of aromatic hydroxyl groups is 1. The minimum atomic E-state index is 0.268. The predicted octanol–water partition coefficient (Wildman–Crippen LogP) is 2.00. The van der Waals surface area contributed by atoms with Crippen LogP contribution in [0, 0.1) is 5.92 Å². The fourth-order valence-corrected chi connectivity index (χ4v) is 2.67. The molecule has 3 nitrogen and oxygen atoms in total. The molecule has 1 aliphatic heterocycles. The van der Waals surface area contributed by atoms with Gasteiger partial charge in [0.25, 0.3) is 0 Å². The van der Waals surface area contributed by atoms with Crippen molar-refractivity contribution < 1.29 is 5.11 Å². The van der Waals surface area contributed by atoms with E-state index >= 15 is 0 Å². The van der Waals surface area contributed by atoms with Crippen LogP contribution in [0.1, 0.15) is 18.0 Å². The summed E-state index contributed by atoms with van der Waals surface area (Å²) in [6.45, 7) is 1.70. The molecular formula is C12H17ClN2O. The fourth-order valence-electron chi connectivity index (χ4n) is 2.43. The van der Waals surface area contributed by atoms with Gasteiger partial charge in [0.05, 0.1) is 0 Å². The summed E-state index contributed by atoms with van der Waals surface area (Å²) < 4.78 is 0. The van der Waals surface area contributed by atoms with Crippen molar-refractivity contribution in [1.82, 2.24) is 4.90 Å². The van der Waals surface area contributed by atoms with Crippen LogP contribution in [-0.4, -0.2) is 30.1 Å². The molecule has 1 aromatic carbocycles. The molecule has 16 heavy (non-hydrogen) atoms. The van der Waals surface area contributed by atoms with Gasteiger partial charge >= 0.3 is 0 Å². The van der Waals surface area contributed by atoms with E-state index in [0.717, 1.165) is 18.5 Å². The highest BCUT2D eigenvalue weighted by molar-refractivity contribution is 6.31. The van der Waals surface area contributed by atoms with Crippen LogP contribution in [0.15, 0.2) is 18.2 Å². The number of hydrogen-bond donors (Lipinski definition) is 2. The maximum absolute atomic E-state index is 9.51. The van der Waals surface area contributed by atoms with Crippen molar-refractivity contribution in [2.24, 2.45) is 11.7 Å². The molecule has 0 aromatic heterocycles. The second kappa shape index (κ2) is 4.62. The van der Waals surface area contributed by atoms with Crippen molar-refractivity contribution in [2.45, 2.75) is 12.5 Å². The monoisotopic (exact) mass is 240 g/mol. The standard InChI is InChI=1S/C12H17ClN2O/c1-15-7-8(6-14)4-12(15)10-5-9(16)2-3-11(10)13/h2-3,5,8,12,16H,4,6-7,14H2,1H3. The first-order valence-corrected chi connectivity index (χ1v) is 5.88. The quantitative estimate of drug-likeness (QED) is 0.831. The molecule has 0 aliphatic carbocycles. The Hall–Kier alpha value is -0.770. The number of likely N-dealkylation sites (tertiary alicyclic amines) is 1. The van der Waals surface area contributed by atoms with E-state index in [-0.39, 0.29) is 11.8 Å². The summed E-state index contributed by atoms with van der Waals surface area (Å²) in [6, 6.07) is 5.38. The van der Waals surface area contributed by atoms with E-state index in [2.05, 4.69) is 11.9 Å². The first kappa shape index (κ1) is 11.7. The van der Waals surface area contributed by atoms with Crippen molar-refractivity contribution >= 4 is 11.6 Å². The number of phenols is 1. The highest BCUT2D eigenvalue weighted by atomic mass is 35.5. The van der Waals surface area contributed by atoms with Crippen LogP contribution >= 0.6 is 11.6 Å². The zero-order valence-electron chi connectivity index (χ0n) is 9.36. The molecule has 0 saturated carbocycles. The summed E-state index contributed by atoms with van der Waals surface area (Å²) in [6.07, 6.45) is 1.01. The van der Waals surface area contributed by atoms with Gasteiger partial charge in [-0.25, -0.2) is 0 Å². The highest BCUT2D eigenvalue weighted by Gasteiger charge is 2.30. The normalized spacial score (nSPS) is 26.2. The summed E-state index contributed by atoms with van der Waals surface area (Å²) in [5.74, 6) is 0.789. The average Bonchev–Trinajstić information content (AvgIpc) is 2.63. The van der Waals surface area contributed by atoms with Crippen LogP contribution in [0.25, 0.3) is 0 Å². The first-order valence-electron chi connectivity index (χ1n) is 5.50. The van der Waals surface area contributed by atoms with Gasteiger partial charge in [0.2, 0.25) is 0 Å². The molecule has 4 heteroatoms. The molecule has 2 unspecified atom stereocenters. The molecule has 0 radical (unpaired) electrons. The third-order valence-electron chi connectivity index (χ3n) is 3.31. The van der Waals surface area contributed by atoms with Crippen molar-refractivity contribution in [2.75, 3.05) is 20.1 Å². The van der Waals surface area contributed by atoms with Gasteiger partial charge in [-0.3, -0.25) is 4.90 Å². The lowest BCUT2D eigenvalue weighted by molar-refractivity contribution is 0.313. The summed E-state index contributed by atoms with van der Waals surface area (Å²) in [5, 5.41) is 10.2. The number of nitrogens with two attached hydrogens (primary N) is 1. The molecule has 0 bridgehead atoms.